The molecule has 1 N–H and O–H groups in total. The van der Waals surface area contributed by atoms with E-state index < -0.39 is 17.6 Å². The highest BCUT2D eigenvalue weighted by Crippen LogP contribution is 2.33. The van der Waals surface area contributed by atoms with E-state index in [0.717, 1.165) is 16.9 Å². The molecule has 0 spiro atoms. The highest BCUT2D eigenvalue weighted by molar-refractivity contribution is 6.02. The minimum atomic E-state index is -4.57. The lowest BCUT2D eigenvalue weighted by molar-refractivity contribution is -0.137. The number of para-hydroxylation sites is 1. The molecule has 0 radical (unpaired) electrons. The average Bonchev–Trinajstić information content (AvgIpc) is 3.40. The van der Waals surface area contributed by atoms with Crippen molar-refractivity contribution in [3.05, 3.63) is 72.3 Å². The summed E-state index contributed by atoms with van der Waals surface area (Å²) in [4.78, 5) is 12.4. The van der Waals surface area contributed by atoms with Gasteiger partial charge in [-0.2, -0.15) is 13.2 Å². The Hall–Kier alpha value is -4.09. The molecular formula is C17H11F3N8O. The molecule has 146 valence electrons. The number of halogens is 3. The summed E-state index contributed by atoms with van der Waals surface area (Å²) in [7, 11) is 0. The Bertz CT molecular complexity index is 1150. The molecule has 29 heavy (non-hydrogen) atoms. The van der Waals surface area contributed by atoms with Gasteiger partial charge < -0.3 is 5.32 Å². The number of amides is 1. The summed E-state index contributed by atoms with van der Waals surface area (Å²) in [5, 5.41) is 20.8. The fraction of sp³-hybridized carbons (Fsp3) is 0.0588. The second-order valence-corrected chi connectivity index (χ2v) is 5.82. The number of carbonyl (C=O) groups excluding carboxylic acids is 1. The maximum Gasteiger partial charge on any atom is 0.418 e. The van der Waals surface area contributed by atoms with Gasteiger partial charge in [-0.05, 0) is 40.8 Å². The van der Waals surface area contributed by atoms with Gasteiger partial charge in [0.05, 0.1) is 23.1 Å². The molecule has 0 aliphatic carbocycles. The standard InChI is InChI=1S/C17H11F3N8O/c18-17(19,20)13-6-1-2-7-15(13)27-9-14(23-25-27)16(29)22-11-4-3-5-12(8-11)28-10-21-24-26-28/h1-10H,(H,22,29). The molecule has 2 heterocycles. The summed E-state index contributed by atoms with van der Waals surface area (Å²) in [5.41, 5.74) is -0.225. The lowest BCUT2D eigenvalue weighted by Crippen LogP contribution is -2.13. The normalized spacial score (nSPS) is 11.4. The molecule has 12 heteroatoms. The van der Waals surface area contributed by atoms with Crippen molar-refractivity contribution in [3.63, 3.8) is 0 Å². The number of hydrogen-bond donors (Lipinski definition) is 1. The average molecular weight is 400 g/mol. The van der Waals surface area contributed by atoms with E-state index >= 15 is 0 Å². The molecule has 0 unspecified atom stereocenters. The Morgan fingerprint density at radius 1 is 1.00 bits per heavy atom. The Balaban J connectivity index is 1.57. The van der Waals surface area contributed by atoms with Crippen molar-refractivity contribution in [2.24, 2.45) is 0 Å². The highest BCUT2D eigenvalue weighted by atomic mass is 19.4. The number of alkyl halides is 3. The van der Waals surface area contributed by atoms with E-state index in [1.165, 1.54) is 29.2 Å². The number of anilines is 1. The van der Waals surface area contributed by atoms with Crippen molar-refractivity contribution in [3.8, 4) is 11.4 Å². The lowest BCUT2D eigenvalue weighted by Gasteiger charge is -2.11. The van der Waals surface area contributed by atoms with Crippen LogP contribution in [0.15, 0.2) is 61.1 Å². The number of nitrogens with one attached hydrogen (secondary N) is 1. The van der Waals surface area contributed by atoms with Gasteiger partial charge in [0.15, 0.2) is 5.69 Å². The lowest BCUT2D eigenvalue weighted by atomic mass is 10.1. The second-order valence-electron chi connectivity index (χ2n) is 5.82. The van der Waals surface area contributed by atoms with Crippen LogP contribution in [0, 0.1) is 0 Å². The second kappa shape index (κ2) is 7.14. The van der Waals surface area contributed by atoms with E-state index in [0.29, 0.717) is 11.4 Å². The fourth-order valence-electron chi connectivity index (χ4n) is 2.60. The third-order valence-electron chi connectivity index (χ3n) is 3.90. The molecule has 2 aromatic heterocycles. The van der Waals surface area contributed by atoms with E-state index in [9.17, 15) is 18.0 Å². The largest absolute Gasteiger partial charge is 0.418 e. The van der Waals surface area contributed by atoms with Crippen molar-refractivity contribution in [2.45, 2.75) is 6.18 Å². The van der Waals surface area contributed by atoms with Crippen molar-refractivity contribution in [1.82, 2.24) is 35.2 Å². The molecule has 0 saturated heterocycles. The molecule has 0 aliphatic heterocycles. The van der Waals surface area contributed by atoms with Gasteiger partial charge in [-0.15, -0.1) is 10.2 Å². The van der Waals surface area contributed by atoms with E-state index in [2.05, 4.69) is 31.2 Å². The van der Waals surface area contributed by atoms with Crippen LogP contribution in [0.2, 0.25) is 0 Å². The molecule has 1 amide bonds. The van der Waals surface area contributed by atoms with Crippen LogP contribution in [0.5, 0.6) is 0 Å². The zero-order chi connectivity index (χ0) is 20.4. The van der Waals surface area contributed by atoms with E-state index in [-0.39, 0.29) is 11.4 Å². The fourth-order valence-corrected chi connectivity index (χ4v) is 2.60. The molecule has 4 rings (SSSR count). The Kier molecular flexibility index (Phi) is 4.50. The summed E-state index contributed by atoms with van der Waals surface area (Å²) >= 11 is 0. The summed E-state index contributed by atoms with van der Waals surface area (Å²) in [5.74, 6) is -0.630. The molecule has 4 aromatic rings. The third-order valence-corrected chi connectivity index (χ3v) is 3.90. The number of hydrogen-bond acceptors (Lipinski definition) is 6. The first-order chi connectivity index (χ1) is 13.9. The summed E-state index contributed by atoms with van der Waals surface area (Å²) in [6, 6.07) is 11.6. The van der Waals surface area contributed by atoms with Crippen LogP contribution >= 0.6 is 0 Å². The molecule has 0 saturated carbocycles. The first kappa shape index (κ1) is 18.3. The molecule has 0 bridgehead atoms. The topological polar surface area (TPSA) is 103 Å². The number of rotatable bonds is 4. The van der Waals surface area contributed by atoms with Gasteiger partial charge in [-0.25, -0.2) is 9.36 Å². The zero-order valence-corrected chi connectivity index (χ0v) is 14.4. The van der Waals surface area contributed by atoms with E-state index in [1.807, 2.05) is 0 Å². The summed E-state index contributed by atoms with van der Waals surface area (Å²) < 4.78 is 41.9. The first-order valence-corrected chi connectivity index (χ1v) is 8.15. The van der Waals surface area contributed by atoms with Gasteiger partial charge in [0.2, 0.25) is 0 Å². The van der Waals surface area contributed by atoms with Gasteiger partial charge in [-0.3, -0.25) is 4.79 Å². The van der Waals surface area contributed by atoms with Crippen molar-refractivity contribution in [2.75, 3.05) is 5.32 Å². The highest BCUT2D eigenvalue weighted by Gasteiger charge is 2.34. The van der Waals surface area contributed by atoms with Crippen LogP contribution in [0.4, 0.5) is 18.9 Å². The number of aromatic nitrogens is 7. The van der Waals surface area contributed by atoms with Crippen LogP contribution < -0.4 is 5.32 Å². The first-order valence-electron chi connectivity index (χ1n) is 8.15. The van der Waals surface area contributed by atoms with Crippen LogP contribution in [0.3, 0.4) is 0 Å². The van der Waals surface area contributed by atoms with Crippen LogP contribution in [0.25, 0.3) is 11.4 Å². The summed E-state index contributed by atoms with van der Waals surface area (Å²) in [6.45, 7) is 0. The Morgan fingerprint density at radius 3 is 2.59 bits per heavy atom. The van der Waals surface area contributed by atoms with Crippen LogP contribution in [0.1, 0.15) is 16.1 Å². The van der Waals surface area contributed by atoms with Crippen LogP contribution in [-0.4, -0.2) is 41.1 Å². The van der Waals surface area contributed by atoms with Crippen molar-refractivity contribution >= 4 is 11.6 Å². The molecule has 9 nitrogen and oxygen atoms in total. The molecule has 2 aromatic carbocycles. The zero-order valence-electron chi connectivity index (χ0n) is 14.4. The van der Waals surface area contributed by atoms with E-state index in [4.69, 9.17) is 0 Å². The number of benzene rings is 2. The number of tetrazole rings is 1. The number of carbonyl (C=O) groups is 1. The van der Waals surface area contributed by atoms with E-state index in [1.54, 1.807) is 24.3 Å². The van der Waals surface area contributed by atoms with Gasteiger partial charge in [0, 0.05) is 5.69 Å². The minimum absolute atomic E-state index is 0.144. The van der Waals surface area contributed by atoms with Crippen molar-refractivity contribution in [1.29, 1.82) is 0 Å². The quantitative estimate of drug-likeness (QED) is 0.565. The predicted molar refractivity (Wildman–Crippen MR) is 93.5 cm³/mol. The molecule has 0 fully saturated rings. The monoisotopic (exact) mass is 400 g/mol. The molecular weight excluding hydrogens is 389 g/mol. The Labute approximate surface area is 160 Å². The maximum absolute atomic E-state index is 13.2. The minimum Gasteiger partial charge on any atom is -0.320 e. The summed E-state index contributed by atoms with van der Waals surface area (Å²) in [6.07, 6.45) is -2.04. The third kappa shape index (κ3) is 3.81. The van der Waals surface area contributed by atoms with Gasteiger partial charge >= 0.3 is 6.18 Å². The smallest absolute Gasteiger partial charge is 0.320 e. The molecule has 0 aliphatic rings. The maximum atomic E-state index is 13.2. The van der Waals surface area contributed by atoms with Crippen LogP contribution in [-0.2, 0) is 6.18 Å². The molecule has 0 atom stereocenters. The van der Waals surface area contributed by atoms with Gasteiger partial charge in [-0.1, -0.05) is 23.4 Å². The van der Waals surface area contributed by atoms with Gasteiger partial charge in [0.25, 0.3) is 5.91 Å². The van der Waals surface area contributed by atoms with Gasteiger partial charge in [0.1, 0.15) is 6.33 Å². The van der Waals surface area contributed by atoms with Crippen molar-refractivity contribution < 1.29 is 18.0 Å². The SMILES string of the molecule is O=C(Nc1cccc(-n2cnnn2)c1)c1cn(-c2ccccc2C(F)(F)F)nn1. The Morgan fingerprint density at radius 2 is 1.83 bits per heavy atom. The number of nitrogens with zero attached hydrogens (tertiary/aromatic N) is 7. The predicted octanol–water partition coefficient (Wildman–Crippen LogP) is 2.51.